The molecular weight excluding hydrogens is 319 g/mol. The summed E-state index contributed by atoms with van der Waals surface area (Å²) in [5, 5.41) is 5.89. The van der Waals surface area contributed by atoms with E-state index in [1.807, 2.05) is 31.2 Å². The molecule has 2 N–H and O–H groups in total. The maximum absolute atomic E-state index is 12.9. The Morgan fingerprint density at radius 1 is 1.04 bits per heavy atom. The first kappa shape index (κ1) is 16.6. The Labute approximate surface area is 145 Å². The molecule has 0 bridgehead atoms. The van der Waals surface area contributed by atoms with Crippen molar-refractivity contribution in [3.8, 4) is 0 Å². The lowest BCUT2D eigenvalue weighted by Crippen LogP contribution is -2.24. The molecule has 0 radical (unpaired) electrons. The first-order valence-corrected chi connectivity index (χ1v) is 7.78. The van der Waals surface area contributed by atoms with E-state index < -0.39 is 0 Å². The highest BCUT2D eigenvalue weighted by Gasteiger charge is 2.09. The molecule has 1 amide bonds. The van der Waals surface area contributed by atoms with Gasteiger partial charge in [-0.05, 0) is 36.8 Å². The van der Waals surface area contributed by atoms with E-state index in [4.69, 9.17) is 0 Å². The van der Waals surface area contributed by atoms with Gasteiger partial charge >= 0.3 is 0 Å². The average molecular weight is 336 g/mol. The van der Waals surface area contributed by atoms with E-state index in [2.05, 4.69) is 20.6 Å². The zero-order chi connectivity index (χ0) is 17.6. The molecule has 1 aromatic heterocycles. The summed E-state index contributed by atoms with van der Waals surface area (Å²) in [5.74, 6) is -0.0952. The van der Waals surface area contributed by atoms with Gasteiger partial charge in [0.25, 0.3) is 5.91 Å². The van der Waals surface area contributed by atoms with E-state index in [-0.39, 0.29) is 17.4 Å². The van der Waals surface area contributed by atoms with Gasteiger partial charge in [0.15, 0.2) is 0 Å². The third-order valence-electron chi connectivity index (χ3n) is 3.59. The molecule has 0 aliphatic heterocycles. The lowest BCUT2D eigenvalue weighted by molar-refractivity contribution is 0.0946. The van der Waals surface area contributed by atoms with Crippen LogP contribution in [0.15, 0.2) is 60.9 Å². The van der Waals surface area contributed by atoms with E-state index in [1.54, 1.807) is 18.2 Å². The minimum Gasteiger partial charge on any atom is -0.347 e. The summed E-state index contributed by atoms with van der Waals surface area (Å²) in [6, 6.07) is 15.4. The van der Waals surface area contributed by atoms with Crippen LogP contribution in [-0.2, 0) is 6.54 Å². The molecule has 0 spiro atoms. The number of aromatic nitrogens is 2. The van der Waals surface area contributed by atoms with Crippen LogP contribution in [0.2, 0.25) is 0 Å². The van der Waals surface area contributed by atoms with Crippen molar-refractivity contribution >= 4 is 17.4 Å². The van der Waals surface area contributed by atoms with E-state index in [0.717, 1.165) is 16.8 Å². The van der Waals surface area contributed by atoms with Gasteiger partial charge in [0, 0.05) is 18.3 Å². The quantitative estimate of drug-likeness (QED) is 0.747. The van der Waals surface area contributed by atoms with E-state index in [1.165, 1.54) is 18.5 Å². The van der Waals surface area contributed by atoms with E-state index in [9.17, 15) is 9.18 Å². The average Bonchev–Trinajstić information content (AvgIpc) is 2.63. The zero-order valence-corrected chi connectivity index (χ0v) is 13.7. The number of carbonyl (C=O) groups is 1. The standard InChI is InChI=1S/C19H17FN4O/c1-13-2-8-16(9-3-13)24-18-10-17(22-12-23-18)19(25)21-11-14-4-6-15(20)7-5-14/h2-10,12H,11H2,1H3,(H,21,25)(H,22,23,24). The topological polar surface area (TPSA) is 66.9 Å². The lowest BCUT2D eigenvalue weighted by atomic mass is 10.2. The van der Waals surface area contributed by atoms with Crippen molar-refractivity contribution < 1.29 is 9.18 Å². The van der Waals surface area contributed by atoms with Gasteiger partial charge in [-0.15, -0.1) is 0 Å². The number of amides is 1. The number of nitrogens with zero attached hydrogens (tertiary/aromatic N) is 2. The first-order chi connectivity index (χ1) is 12.1. The van der Waals surface area contributed by atoms with Crippen LogP contribution >= 0.6 is 0 Å². The van der Waals surface area contributed by atoms with Crippen LogP contribution < -0.4 is 10.6 Å². The number of nitrogens with one attached hydrogen (secondary N) is 2. The molecule has 2 aromatic carbocycles. The third kappa shape index (κ3) is 4.60. The number of hydrogen-bond acceptors (Lipinski definition) is 4. The van der Waals surface area contributed by atoms with Crippen LogP contribution in [-0.4, -0.2) is 15.9 Å². The Morgan fingerprint density at radius 3 is 2.48 bits per heavy atom. The second-order valence-electron chi connectivity index (χ2n) is 5.59. The van der Waals surface area contributed by atoms with Gasteiger partial charge in [0.1, 0.15) is 23.7 Å². The lowest BCUT2D eigenvalue weighted by Gasteiger charge is -2.08. The van der Waals surface area contributed by atoms with Crippen molar-refractivity contribution in [2.45, 2.75) is 13.5 Å². The highest BCUT2D eigenvalue weighted by Crippen LogP contribution is 2.15. The first-order valence-electron chi connectivity index (χ1n) is 7.78. The van der Waals surface area contributed by atoms with Crippen LogP contribution in [0, 0.1) is 12.7 Å². The smallest absolute Gasteiger partial charge is 0.270 e. The monoisotopic (exact) mass is 336 g/mol. The fraction of sp³-hybridized carbons (Fsp3) is 0.105. The molecule has 3 rings (SSSR count). The Balaban J connectivity index is 1.64. The van der Waals surface area contributed by atoms with Crippen LogP contribution in [0.3, 0.4) is 0 Å². The Morgan fingerprint density at radius 2 is 1.76 bits per heavy atom. The minimum atomic E-state index is -0.321. The molecule has 5 nitrogen and oxygen atoms in total. The Bertz CT molecular complexity index is 863. The summed E-state index contributed by atoms with van der Waals surface area (Å²) in [7, 11) is 0. The highest BCUT2D eigenvalue weighted by atomic mass is 19.1. The largest absolute Gasteiger partial charge is 0.347 e. The van der Waals surface area contributed by atoms with Crippen molar-refractivity contribution in [3.63, 3.8) is 0 Å². The Hall–Kier alpha value is -3.28. The van der Waals surface area contributed by atoms with Gasteiger partial charge in [-0.2, -0.15) is 0 Å². The van der Waals surface area contributed by atoms with Crippen molar-refractivity contribution in [1.29, 1.82) is 0 Å². The summed E-state index contributed by atoms with van der Waals surface area (Å²) in [5.41, 5.74) is 3.10. The second-order valence-corrected chi connectivity index (χ2v) is 5.59. The zero-order valence-electron chi connectivity index (χ0n) is 13.7. The molecule has 0 aliphatic rings. The molecular formula is C19H17FN4O. The predicted molar refractivity (Wildman–Crippen MR) is 94.1 cm³/mol. The molecule has 25 heavy (non-hydrogen) atoms. The number of hydrogen-bond donors (Lipinski definition) is 2. The minimum absolute atomic E-state index is 0.256. The number of halogens is 1. The predicted octanol–water partition coefficient (Wildman–Crippen LogP) is 3.60. The van der Waals surface area contributed by atoms with Gasteiger partial charge in [-0.25, -0.2) is 14.4 Å². The van der Waals surface area contributed by atoms with Crippen molar-refractivity contribution in [2.24, 2.45) is 0 Å². The molecule has 0 saturated carbocycles. The van der Waals surface area contributed by atoms with Crippen LogP contribution in [0.1, 0.15) is 21.6 Å². The number of anilines is 2. The van der Waals surface area contributed by atoms with Gasteiger partial charge in [-0.3, -0.25) is 4.79 Å². The van der Waals surface area contributed by atoms with E-state index >= 15 is 0 Å². The van der Waals surface area contributed by atoms with Gasteiger partial charge in [0.2, 0.25) is 0 Å². The van der Waals surface area contributed by atoms with Gasteiger partial charge < -0.3 is 10.6 Å². The fourth-order valence-corrected chi connectivity index (χ4v) is 2.21. The molecule has 3 aromatic rings. The summed E-state index contributed by atoms with van der Waals surface area (Å²) < 4.78 is 12.9. The molecule has 0 atom stereocenters. The maximum Gasteiger partial charge on any atom is 0.270 e. The van der Waals surface area contributed by atoms with Gasteiger partial charge in [0.05, 0.1) is 0 Å². The SMILES string of the molecule is Cc1ccc(Nc2cc(C(=O)NCc3ccc(F)cc3)ncn2)cc1. The molecule has 0 saturated heterocycles. The molecule has 6 heteroatoms. The second kappa shape index (κ2) is 7.53. The molecule has 0 fully saturated rings. The van der Waals surface area contributed by atoms with Crippen LogP contribution in [0.5, 0.6) is 0 Å². The number of aryl methyl sites for hydroxylation is 1. The summed E-state index contributed by atoms with van der Waals surface area (Å²) >= 11 is 0. The summed E-state index contributed by atoms with van der Waals surface area (Å²) in [4.78, 5) is 20.4. The van der Waals surface area contributed by atoms with E-state index in [0.29, 0.717) is 12.4 Å². The maximum atomic E-state index is 12.9. The highest BCUT2D eigenvalue weighted by molar-refractivity contribution is 5.92. The number of benzene rings is 2. The molecule has 1 heterocycles. The molecule has 0 aliphatic carbocycles. The number of carbonyl (C=O) groups excluding carboxylic acids is 1. The normalized spacial score (nSPS) is 10.3. The molecule has 0 unspecified atom stereocenters. The van der Waals surface area contributed by atoms with Crippen LogP contribution in [0.25, 0.3) is 0 Å². The molecule has 126 valence electrons. The summed E-state index contributed by atoms with van der Waals surface area (Å²) in [6.07, 6.45) is 1.34. The number of rotatable bonds is 5. The van der Waals surface area contributed by atoms with Crippen molar-refractivity contribution in [3.05, 3.63) is 83.6 Å². The van der Waals surface area contributed by atoms with Gasteiger partial charge in [-0.1, -0.05) is 29.8 Å². The van der Waals surface area contributed by atoms with Crippen molar-refractivity contribution in [1.82, 2.24) is 15.3 Å². The summed E-state index contributed by atoms with van der Waals surface area (Å²) in [6.45, 7) is 2.31. The Kier molecular flexibility index (Phi) is 4.99. The fourth-order valence-electron chi connectivity index (χ4n) is 2.21. The van der Waals surface area contributed by atoms with Crippen molar-refractivity contribution in [2.75, 3.05) is 5.32 Å². The third-order valence-corrected chi connectivity index (χ3v) is 3.59. The van der Waals surface area contributed by atoms with Crippen LogP contribution in [0.4, 0.5) is 15.9 Å².